The van der Waals surface area contributed by atoms with E-state index < -0.39 is 23.0 Å². The summed E-state index contributed by atoms with van der Waals surface area (Å²) < 4.78 is 30.3. The average molecular weight is 479 g/mol. The summed E-state index contributed by atoms with van der Waals surface area (Å²) in [7, 11) is 0. The van der Waals surface area contributed by atoms with Gasteiger partial charge in [-0.05, 0) is 48.9 Å². The number of hydrogen-bond acceptors (Lipinski definition) is 7. The lowest BCUT2D eigenvalue weighted by Crippen LogP contribution is -2.45. The Labute approximate surface area is 199 Å². The molecule has 0 amide bonds. The number of anilines is 2. The van der Waals surface area contributed by atoms with Crippen LogP contribution in [0.5, 0.6) is 5.75 Å². The van der Waals surface area contributed by atoms with Gasteiger partial charge < -0.3 is 21.3 Å². The molecule has 5 N–H and O–H groups in total. The van der Waals surface area contributed by atoms with Crippen molar-refractivity contribution in [3.05, 3.63) is 66.1 Å². The predicted octanol–water partition coefficient (Wildman–Crippen LogP) is 3.86. The minimum Gasteiger partial charge on any atom is -0.508 e. The fourth-order valence-corrected chi connectivity index (χ4v) is 5.64. The van der Waals surface area contributed by atoms with E-state index in [1.54, 1.807) is 24.7 Å². The molecule has 3 heterocycles. The first-order valence-corrected chi connectivity index (χ1v) is 11.4. The first-order valence-electron chi connectivity index (χ1n) is 11.4. The standard InChI is InChI=1S/C25H24F2N6O2/c1-24-9-13(6-21(28)25(24,35)12-24)16-4-5-29-11-20(16)31-23-30-10-14-2-3-19(32-33(14)23)22-17(26)7-15(34)8-18(22)27/h2-5,7-8,10-11,13,21,34-35H,6,9,12,28H2,1H3,(H,30,31)/t13-,21+,24-,25-/m0/s1. The molecule has 2 fully saturated rings. The van der Waals surface area contributed by atoms with Crippen LogP contribution in [0.2, 0.25) is 0 Å². The molecule has 6 rings (SSSR count). The Morgan fingerprint density at radius 2 is 1.94 bits per heavy atom. The van der Waals surface area contributed by atoms with Gasteiger partial charge >= 0.3 is 0 Å². The smallest absolute Gasteiger partial charge is 0.229 e. The van der Waals surface area contributed by atoms with E-state index in [1.807, 2.05) is 6.07 Å². The maximum atomic E-state index is 14.4. The molecule has 0 unspecified atom stereocenters. The Kier molecular flexibility index (Phi) is 4.64. The highest BCUT2D eigenvalue weighted by atomic mass is 19.1. The van der Waals surface area contributed by atoms with Crippen molar-refractivity contribution in [2.45, 2.75) is 43.7 Å². The third kappa shape index (κ3) is 3.35. The Bertz CT molecular complexity index is 1450. The van der Waals surface area contributed by atoms with Crippen LogP contribution in [0.3, 0.4) is 0 Å². The van der Waals surface area contributed by atoms with Gasteiger partial charge in [-0.1, -0.05) is 6.92 Å². The van der Waals surface area contributed by atoms with Gasteiger partial charge in [-0.2, -0.15) is 9.61 Å². The van der Waals surface area contributed by atoms with E-state index in [9.17, 15) is 19.0 Å². The number of aromatic nitrogens is 4. The number of rotatable bonds is 4. The fraction of sp³-hybridized carbons (Fsp3) is 0.320. The second kappa shape index (κ2) is 7.43. The van der Waals surface area contributed by atoms with Crippen LogP contribution in [0.4, 0.5) is 20.4 Å². The van der Waals surface area contributed by atoms with Crippen LogP contribution in [0, 0.1) is 17.0 Å². The van der Waals surface area contributed by atoms with Crippen molar-refractivity contribution in [3.8, 4) is 17.0 Å². The van der Waals surface area contributed by atoms with Gasteiger partial charge in [0.05, 0.1) is 40.5 Å². The zero-order chi connectivity index (χ0) is 24.5. The Balaban J connectivity index is 1.36. The number of nitrogens with one attached hydrogen (secondary N) is 1. The number of phenolic OH excluding ortho intramolecular Hbond substituents is 1. The molecule has 10 heteroatoms. The molecule has 35 heavy (non-hydrogen) atoms. The summed E-state index contributed by atoms with van der Waals surface area (Å²) in [6.07, 6.45) is 7.17. The zero-order valence-corrected chi connectivity index (χ0v) is 18.9. The van der Waals surface area contributed by atoms with Crippen molar-refractivity contribution in [1.29, 1.82) is 0 Å². The average Bonchev–Trinajstić information content (AvgIpc) is 3.18. The molecule has 4 atom stereocenters. The van der Waals surface area contributed by atoms with Crippen molar-refractivity contribution >= 4 is 17.2 Å². The van der Waals surface area contributed by atoms with Crippen LogP contribution in [0.1, 0.15) is 37.7 Å². The maximum Gasteiger partial charge on any atom is 0.229 e. The second-order valence-corrected chi connectivity index (χ2v) is 9.91. The summed E-state index contributed by atoms with van der Waals surface area (Å²) in [6, 6.07) is 6.47. The van der Waals surface area contributed by atoms with E-state index >= 15 is 0 Å². The highest BCUT2D eigenvalue weighted by molar-refractivity contribution is 5.66. The summed E-state index contributed by atoms with van der Waals surface area (Å²) in [5.74, 6) is -1.86. The monoisotopic (exact) mass is 478 g/mol. The highest BCUT2D eigenvalue weighted by Crippen LogP contribution is 2.66. The van der Waals surface area contributed by atoms with Crippen molar-refractivity contribution in [1.82, 2.24) is 19.6 Å². The van der Waals surface area contributed by atoms with Gasteiger partial charge in [0.1, 0.15) is 17.4 Å². The third-order valence-electron chi connectivity index (χ3n) is 7.64. The van der Waals surface area contributed by atoms with Crippen LogP contribution in [0.15, 0.2) is 48.9 Å². The van der Waals surface area contributed by atoms with E-state index in [1.165, 1.54) is 10.6 Å². The van der Waals surface area contributed by atoms with E-state index in [4.69, 9.17) is 5.73 Å². The number of pyridine rings is 1. The minimum absolute atomic E-state index is 0.0548. The molecule has 1 aromatic carbocycles. The van der Waals surface area contributed by atoms with Gasteiger partial charge in [0, 0.05) is 29.8 Å². The van der Waals surface area contributed by atoms with Crippen LogP contribution < -0.4 is 11.1 Å². The molecule has 2 saturated carbocycles. The lowest BCUT2D eigenvalue weighted by molar-refractivity contribution is 0.0431. The molecule has 0 radical (unpaired) electrons. The number of halogens is 2. The van der Waals surface area contributed by atoms with Crippen LogP contribution in [-0.4, -0.2) is 41.4 Å². The number of imidazole rings is 1. The summed E-state index contributed by atoms with van der Waals surface area (Å²) in [4.78, 5) is 8.66. The molecule has 2 aliphatic rings. The van der Waals surface area contributed by atoms with Crippen molar-refractivity contribution in [2.75, 3.05) is 5.32 Å². The predicted molar refractivity (Wildman–Crippen MR) is 125 cm³/mol. The molecule has 4 aromatic rings. The number of phenols is 1. The summed E-state index contributed by atoms with van der Waals surface area (Å²) in [5, 5.41) is 27.9. The first-order chi connectivity index (χ1) is 16.7. The van der Waals surface area contributed by atoms with Crippen molar-refractivity contribution < 1.29 is 19.0 Å². The lowest BCUT2D eigenvalue weighted by atomic mass is 9.74. The second-order valence-electron chi connectivity index (χ2n) is 9.91. The Morgan fingerprint density at radius 1 is 1.17 bits per heavy atom. The number of hydrogen-bond donors (Lipinski definition) is 4. The summed E-state index contributed by atoms with van der Waals surface area (Å²) in [6.45, 7) is 2.07. The minimum atomic E-state index is -0.916. The van der Waals surface area contributed by atoms with Crippen molar-refractivity contribution in [2.24, 2.45) is 11.1 Å². The number of aliphatic hydroxyl groups is 1. The normalized spacial score (nSPS) is 27.6. The number of fused-ring (bicyclic) bond motifs is 2. The largest absolute Gasteiger partial charge is 0.508 e. The zero-order valence-electron chi connectivity index (χ0n) is 18.9. The van der Waals surface area contributed by atoms with E-state index in [0.717, 1.165) is 29.8 Å². The molecule has 0 bridgehead atoms. The quantitative estimate of drug-likeness (QED) is 0.351. The molecule has 3 aromatic heterocycles. The molecule has 8 nitrogen and oxygen atoms in total. The molecule has 0 spiro atoms. The first kappa shape index (κ1) is 21.9. The van der Waals surface area contributed by atoms with Gasteiger partial charge in [0.2, 0.25) is 5.95 Å². The Hall–Kier alpha value is -3.63. The van der Waals surface area contributed by atoms with Crippen LogP contribution in [-0.2, 0) is 0 Å². The Morgan fingerprint density at radius 3 is 2.69 bits per heavy atom. The van der Waals surface area contributed by atoms with Gasteiger partial charge in [-0.3, -0.25) is 4.98 Å². The number of benzene rings is 1. The lowest BCUT2D eigenvalue weighted by Gasteiger charge is -2.36. The summed E-state index contributed by atoms with van der Waals surface area (Å²) >= 11 is 0. The van der Waals surface area contributed by atoms with Gasteiger partial charge in [0.15, 0.2) is 0 Å². The van der Waals surface area contributed by atoms with Gasteiger partial charge in [0.25, 0.3) is 0 Å². The van der Waals surface area contributed by atoms with Crippen molar-refractivity contribution in [3.63, 3.8) is 0 Å². The fourth-order valence-electron chi connectivity index (χ4n) is 5.64. The number of nitrogens with two attached hydrogens (primary N) is 1. The highest BCUT2D eigenvalue weighted by Gasteiger charge is 2.69. The number of aromatic hydroxyl groups is 1. The molecule has 0 saturated heterocycles. The third-order valence-corrected chi connectivity index (χ3v) is 7.64. The van der Waals surface area contributed by atoms with E-state index in [-0.39, 0.29) is 28.6 Å². The maximum absolute atomic E-state index is 14.4. The molecular weight excluding hydrogens is 454 g/mol. The number of nitrogens with zero attached hydrogens (tertiary/aromatic N) is 4. The van der Waals surface area contributed by atoms with Crippen LogP contribution >= 0.6 is 0 Å². The molecule has 2 aliphatic carbocycles. The van der Waals surface area contributed by atoms with Gasteiger partial charge in [-0.25, -0.2) is 13.8 Å². The molecule has 180 valence electrons. The SMILES string of the molecule is C[C@@]12C[C@@H](c3ccncc3Nc3ncc4ccc(-c5c(F)cc(O)cc5F)nn34)C[C@@H](N)[C@@]1(O)C2. The summed E-state index contributed by atoms with van der Waals surface area (Å²) in [5.41, 5.74) is 7.42. The topological polar surface area (TPSA) is 122 Å². The van der Waals surface area contributed by atoms with Gasteiger partial charge in [-0.15, -0.1) is 0 Å². The van der Waals surface area contributed by atoms with Crippen LogP contribution in [0.25, 0.3) is 16.8 Å². The van der Waals surface area contributed by atoms with E-state index in [2.05, 4.69) is 27.3 Å². The van der Waals surface area contributed by atoms with E-state index in [0.29, 0.717) is 24.3 Å². The molecular formula is C25H24F2N6O2. The molecule has 0 aliphatic heterocycles.